The van der Waals surface area contributed by atoms with Crippen LogP contribution in [0, 0.1) is 0 Å². The molecule has 5 nitrogen and oxygen atoms in total. The fourth-order valence-electron chi connectivity index (χ4n) is 1.89. The number of hydrogen-bond acceptors (Lipinski definition) is 5. The van der Waals surface area contributed by atoms with E-state index in [9.17, 15) is 4.79 Å². The van der Waals surface area contributed by atoms with E-state index in [4.69, 9.17) is 4.42 Å². The zero-order valence-corrected chi connectivity index (χ0v) is 12.7. The van der Waals surface area contributed by atoms with Gasteiger partial charge in [0.15, 0.2) is 5.13 Å². The van der Waals surface area contributed by atoms with Crippen LogP contribution in [0.1, 0.15) is 38.3 Å². The van der Waals surface area contributed by atoms with E-state index in [0.717, 1.165) is 16.6 Å². The van der Waals surface area contributed by atoms with Crippen molar-refractivity contribution in [2.45, 2.75) is 33.4 Å². The summed E-state index contributed by atoms with van der Waals surface area (Å²) in [4.78, 5) is 17.6. The van der Waals surface area contributed by atoms with Crippen molar-refractivity contribution < 1.29 is 9.21 Å². The molecule has 2 rings (SSSR count). The van der Waals surface area contributed by atoms with Crippen LogP contribution in [-0.2, 0) is 11.3 Å². The molecule has 108 valence electrons. The summed E-state index contributed by atoms with van der Waals surface area (Å²) in [5.74, 6) is 0.921. The Balaban J connectivity index is 1.94. The van der Waals surface area contributed by atoms with Gasteiger partial charge in [0, 0.05) is 25.4 Å². The first-order valence-corrected chi connectivity index (χ1v) is 7.49. The van der Waals surface area contributed by atoms with Gasteiger partial charge in [0.25, 0.3) is 0 Å². The van der Waals surface area contributed by atoms with Gasteiger partial charge < -0.3 is 9.73 Å². The highest BCUT2D eigenvalue weighted by molar-refractivity contribution is 7.14. The number of rotatable bonds is 6. The van der Waals surface area contributed by atoms with E-state index in [0.29, 0.717) is 13.1 Å². The fourth-order valence-corrected chi connectivity index (χ4v) is 2.82. The molecule has 0 radical (unpaired) electrons. The van der Waals surface area contributed by atoms with Crippen LogP contribution in [-0.4, -0.2) is 17.4 Å². The molecule has 0 bridgehead atoms. The summed E-state index contributed by atoms with van der Waals surface area (Å²) in [5.41, 5.74) is 0.933. The minimum atomic E-state index is 0.0188. The van der Waals surface area contributed by atoms with Crippen molar-refractivity contribution in [1.82, 2.24) is 10.3 Å². The van der Waals surface area contributed by atoms with Gasteiger partial charge in [-0.05, 0) is 26.0 Å². The van der Waals surface area contributed by atoms with Crippen LogP contribution in [0.4, 0.5) is 5.13 Å². The third-order valence-corrected chi connectivity index (χ3v) is 3.94. The van der Waals surface area contributed by atoms with Crippen molar-refractivity contribution >= 4 is 22.4 Å². The second kappa shape index (κ2) is 6.67. The first-order chi connectivity index (χ1) is 9.61. The summed E-state index contributed by atoms with van der Waals surface area (Å²) in [6.07, 6.45) is 1.67. The number of nitrogens with zero attached hydrogens (tertiary/aromatic N) is 2. The average molecular weight is 293 g/mol. The number of carbonyl (C=O) groups is 1. The van der Waals surface area contributed by atoms with Gasteiger partial charge in [-0.2, -0.15) is 0 Å². The van der Waals surface area contributed by atoms with Gasteiger partial charge in [-0.3, -0.25) is 9.69 Å². The third kappa shape index (κ3) is 3.46. The van der Waals surface area contributed by atoms with Gasteiger partial charge in [0.05, 0.1) is 18.0 Å². The Morgan fingerprint density at radius 1 is 1.60 bits per heavy atom. The molecule has 0 aliphatic heterocycles. The lowest BCUT2D eigenvalue weighted by atomic mass is 10.2. The van der Waals surface area contributed by atoms with Crippen LogP contribution in [0.25, 0.3) is 0 Å². The lowest BCUT2D eigenvalue weighted by Crippen LogP contribution is -2.27. The van der Waals surface area contributed by atoms with Crippen LogP contribution in [0.2, 0.25) is 0 Å². The van der Waals surface area contributed by atoms with Crippen LogP contribution in [0.3, 0.4) is 0 Å². The number of hydrogen-bond donors (Lipinski definition) is 1. The Morgan fingerprint density at radius 3 is 3.00 bits per heavy atom. The van der Waals surface area contributed by atoms with Gasteiger partial charge in [-0.15, -0.1) is 11.3 Å². The Kier molecular flexibility index (Phi) is 4.92. The summed E-state index contributed by atoms with van der Waals surface area (Å²) in [5, 5.41) is 6.08. The van der Waals surface area contributed by atoms with Crippen molar-refractivity contribution in [2.75, 3.05) is 11.4 Å². The second-order valence-corrected chi connectivity index (χ2v) is 5.34. The van der Waals surface area contributed by atoms with Crippen LogP contribution >= 0.6 is 11.3 Å². The monoisotopic (exact) mass is 293 g/mol. The molecule has 0 unspecified atom stereocenters. The summed E-state index contributed by atoms with van der Waals surface area (Å²) in [6, 6.07) is 3.95. The molecule has 1 amide bonds. The normalized spacial score (nSPS) is 12.3. The van der Waals surface area contributed by atoms with Gasteiger partial charge in [-0.25, -0.2) is 4.98 Å². The molecule has 0 saturated carbocycles. The number of aromatic nitrogens is 1. The molecular formula is C14H19N3O2S. The lowest BCUT2D eigenvalue weighted by Gasteiger charge is -2.14. The molecule has 2 aromatic rings. The summed E-state index contributed by atoms with van der Waals surface area (Å²) < 4.78 is 5.34. The van der Waals surface area contributed by atoms with E-state index >= 15 is 0 Å². The number of carbonyl (C=O) groups excluding carboxylic acids is 1. The standard InChI is InChI=1S/C14H19N3O2S/c1-4-17(11(3)18)14-16-12(9-20-14)8-15-10(2)13-6-5-7-19-13/h5-7,9-10,15H,4,8H2,1-3H3/t10-/m1/s1. The van der Waals surface area contributed by atoms with E-state index in [-0.39, 0.29) is 11.9 Å². The molecule has 0 aliphatic carbocycles. The first kappa shape index (κ1) is 14.7. The SMILES string of the molecule is CCN(C(C)=O)c1nc(CN[C@H](C)c2ccco2)cs1. The van der Waals surface area contributed by atoms with Crippen molar-refractivity contribution in [2.24, 2.45) is 0 Å². The van der Waals surface area contributed by atoms with Gasteiger partial charge in [0.2, 0.25) is 5.91 Å². The molecule has 0 aliphatic rings. The van der Waals surface area contributed by atoms with E-state index in [2.05, 4.69) is 10.3 Å². The predicted molar refractivity (Wildman–Crippen MR) is 79.8 cm³/mol. The quantitative estimate of drug-likeness (QED) is 0.889. The molecule has 2 heterocycles. The van der Waals surface area contributed by atoms with Crippen LogP contribution in [0.15, 0.2) is 28.2 Å². The molecule has 2 aromatic heterocycles. The van der Waals surface area contributed by atoms with Gasteiger partial charge in [-0.1, -0.05) is 0 Å². The highest BCUT2D eigenvalue weighted by Gasteiger charge is 2.14. The molecule has 0 saturated heterocycles. The number of amides is 1. The van der Waals surface area contributed by atoms with E-state index in [1.165, 1.54) is 11.3 Å². The number of anilines is 1. The number of furan rings is 1. The van der Waals surface area contributed by atoms with E-state index < -0.39 is 0 Å². The molecule has 1 N–H and O–H groups in total. The van der Waals surface area contributed by atoms with Gasteiger partial charge >= 0.3 is 0 Å². The second-order valence-electron chi connectivity index (χ2n) is 4.50. The maximum atomic E-state index is 11.5. The summed E-state index contributed by atoms with van der Waals surface area (Å²) in [6.45, 7) is 6.83. The maximum Gasteiger partial charge on any atom is 0.225 e. The Bertz CT molecular complexity index is 551. The zero-order chi connectivity index (χ0) is 14.5. The van der Waals surface area contributed by atoms with E-state index in [1.54, 1.807) is 18.1 Å². The van der Waals surface area contributed by atoms with Gasteiger partial charge in [0.1, 0.15) is 5.76 Å². The number of nitrogens with one attached hydrogen (secondary N) is 1. The van der Waals surface area contributed by atoms with Crippen LogP contribution < -0.4 is 10.2 Å². The lowest BCUT2D eigenvalue weighted by molar-refractivity contribution is -0.116. The van der Waals surface area contributed by atoms with Crippen molar-refractivity contribution in [1.29, 1.82) is 0 Å². The predicted octanol–water partition coefficient (Wildman–Crippen LogP) is 2.96. The average Bonchev–Trinajstić information content (AvgIpc) is 3.08. The Hall–Kier alpha value is -1.66. The molecule has 0 aromatic carbocycles. The topological polar surface area (TPSA) is 58.4 Å². The summed E-state index contributed by atoms with van der Waals surface area (Å²) in [7, 11) is 0. The number of thiazole rings is 1. The highest BCUT2D eigenvalue weighted by Crippen LogP contribution is 2.21. The third-order valence-electron chi connectivity index (χ3n) is 3.03. The largest absolute Gasteiger partial charge is 0.468 e. The molecule has 0 fully saturated rings. The van der Waals surface area contributed by atoms with Crippen molar-refractivity contribution in [3.8, 4) is 0 Å². The zero-order valence-electron chi connectivity index (χ0n) is 11.9. The van der Waals surface area contributed by atoms with E-state index in [1.807, 2.05) is 31.4 Å². The smallest absolute Gasteiger partial charge is 0.225 e. The maximum absolute atomic E-state index is 11.5. The molecule has 6 heteroatoms. The molecule has 0 spiro atoms. The summed E-state index contributed by atoms with van der Waals surface area (Å²) >= 11 is 1.49. The molecular weight excluding hydrogens is 274 g/mol. The van der Waals surface area contributed by atoms with Crippen molar-refractivity contribution in [3.63, 3.8) is 0 Å². The Morgan fingerprint density at radius 2 is 2.40 bits per heavy atom. The van der Waals surface area contributed by atoms with Crippen molar-refractivity contribution in [3.05, 3.63) is 35.2 Å². The minimum absolute atomic E-state index is 0.0188. The fraction of sp³-hybridized carbons (Fsp3) is 0.429. The highest BCUT2D eigenvalue weighted by atomic mass is 32.1. The molecule has 1 atom stereocenters. The Labute approximate surface area is 122 Å². The van der Waals surface area contributed by atoms with Crippen LogP contribution in [0.5, 0.6) is 0 Å². The first-order valence-electron chi connectivity index (χ1n) is 6.61. The molecule has 20 heavy (non-hydrogen) atoms. The minimum Gasteiger partial charge on any atom is -0.468 e.